The van der Waals surface area contributed by atoms with Crippen LogP contribution in [0.15, 0.2) is 28.9 Å². The number of nitrogens with one attached hydrogen (secondary N) is 1. The Morgan fingerprint density at radius 3 is 3.14 bits per heavy atom. The highest BCUT2D eigenvalue weighted by Gasteiger charge is 2.11. The number of hydrogen-bond donors (Lipinski definition) is 1. The molecule has 2 aromatic rings. The predicted molar refractivity (Wildman–Crippen MR) is 57.6 cm³/mol. The Balaban J connectivity index is 2.26. The van der Waals surface area contributed by atoms with Gasteiger partial charge in [0.25, 0.3) is 0 Å². The van der Waals surface area contributed by atoms with Gasteiger partial charge in [0.15, 0.2) is 0 Å². The standard InChI is InChI=1S/C12H13NO/c1-2-7-13-12-9(3-1)4-5-11-10(12)6-8-14-11/h4-6,8,13H,1-3,7H2. The van der Waals surface area contributed by atoms with Crippen molar-refractivity contribution in [3.8, 4) is 0 Å². The predicted octanol–water partition coefficient (Wildman–Crippen LogP) is 3.18. The lowest BCUT2D eigenvalue weighted by Crippen LogP contribution is -1.99. The Hall–Kier alpha value is -1.44. The SMILES string of the molecule is c1cc2c3c(ccc2o1)CCCCN3. The van der Waals surface area contributed by atoms with Crippen molar-refractivity contribution >= 4 is 16.7 Å². The molecule has 14 heavy (non-hydrogen) atoms. The van der Waals surface area contributed by atoms with Gasteiger partial charge in [-0.1, -0.05) is 6.07 Å². The van der Waals surface area contributed by atoms with Crippen LogP contribution in [-0.4, -0.2) is 6.54 Å². The van der Waals surface area contributed by atoms with Crippen LogP contribution in [-0.2, 0) is 6.42 Å². The summed E-state index contributed by atoms with van der Waals surface area (Å²) in [5, 5.41) is 4.72. The van der Waals surface area contributed by atoms with Gasteiger partial charge in [0.05, 0.1) is 6.26 Å². The van der Waals surface area contributed by atoms with Gasteiger partial charge in [-0.15, -0.1) is 0 Å². The molecule has 0 fully saturated rings. The van der Waals surface area contributed by atoms with Gasteiger partial charge in [-0.3, -0.25) is 0 Å². The molecule has 0 aliphatic carbocycles. The van der Waals surface area contributed by atoms with Crippen molar-refractivity contribution in [2.75, 3.05) is 11.9 Å². The molecule has 1 aromatic carbocycles. The third kappa shape index (κ3) is 1.10. The molecule has 0 atom stereocenters. The minimum absolute atomic E-state index is 0.984. The van der Waals surface area contributed by atoms with Gasteiger partial charge in [0, 0.05) is 17.6 Å². The van der Waals surface area contributed by atoms with Crippen molar-refractivity contribution in [2.24, 2.45) is 0 Å². The highest BCUT2D eigenvalue weighted by atomic mass is 16.3. The van der Waals surface area contributed by atoms with Crippen LogP contribution < -0.4 is 5.32 Å². The summed E-state index contributed by atoms with van der Waals surface area (Å²) in [4.78, 5) is 0. The molecule has 1 N–H and O–H groups in total. The first-order valence-electron chi connectivity index (χ1n) is 5.18. The summed E-state index contributed by atoms with van der Waals surface area (Å²) in [6, 6.07) is 6.30. The van der Waals surface area contributed by atoms with E-state index in [2.05, 4.69) is 17.4 Å². The van der Waals surface area contributed by atoms with Crippen LogP contribution in [0.4, 0.5) is 5.69 Å². The quantitative estimate of drug-likeness (QED) is 0.685. The fourth-order valence-corrected chi connectivity index (χ4v) is 2.16. The van der Waals surface area contributed by atoms with E-state index in [1.54, 1.807) is 6.26 Å². The minimum Gasteiger partial charge on any atom is -0.464 e. The molecule has 1 aromatic heterocycles. The maximum atomic E-state index is 5.38. The molecule has 1 aliphatic heterocycles. The molecular weight excluding hydrogens is 174 g/mol. The first-order valence-corrected chi connectivity index (χ1v) is 5.18. The lowest BCUT2D eigenvalue weighted by molar-refractivity contribution is 0.616. The molecule has 2 heteroatoms. The summed E-state index contributed by atoms with van der Waals surface area (Å²) in [5.41, 5.74) is 3.70. The number of benzene rings is 1. The smallest absolute Gasteiger partial charge is 0.135 e. The third-order valence-electron chi connectivity index (χ3n) is 2.90. The normalized spacial score (nSPS) is 16.0. The molecule has 0 spiro atoms. The van der Waals surface area contributed by atoms with E-state index in [1.165, 1.54) is 35.9 Å². The van der Waals surface area contributed by atoms with Gasteiger partial charge in [-0.05, 0) is 37.0 Å². The van der Waals surface area contributed by atoms with E-state index in [0.29, 0.717) is 0 Å². The number of aryl methyl sites for hydroxylation is 1. The van der Waals surface area contributed by atoms with Gasteiger partial charge >= 0.3 is 0 Å². The van der Waals surface area contributed by atoms with Crippen molar-refractivity contribution in [3.05, 3.63) is 30.0 Å². The summed E-state index contributed by atoms with van der Waals surface area (Å²) in [7, 11) is 0. The van der Waals surface area contributed by atoms with Gasteiger partial charge in [-0.2, -0.15) is 0 Å². The molecule has 3 rings (SSSR count). The topological polar surface area (TPSA) is 25.2 Å². The third-order valence-corrected chi connectivity index (χ3v) is 2.90. The average Bonchev–Trinajstić information content (AvgIpc) is 2.55. The molecule has 0 unspecified atom stereocenters. The lowest BCUT2D eigenvalue weighted by atomic mass is 10.1. The second-order valence-corrected chi connectivity index (χ2v) is 3.82. The van der Waals surface area contributed by atoms with Gasteiger partial charge < -0.3 is 9.73 Å². The zero-order chi connectivity index (χ0) is 9.38. The Labute approximate surface area is 82.9 Å². The lowest BCUT2D eigenvalue weighted by Gasteiger charge is -2.07. The zero-order valence-electron chi connectivity index (χ0n) is 8.05. The zero-order valence-corrected chi connectivity index (χ0v) is 8.05. The molecular formula is C12H13NO. The van der Waals surface area contributed by atoms with Gasteiger partial charge in [-0.25, -0.2) is 0 Å². The summed E-state index contributed by atoms with van der Waals surface area (Å²) >= 11 is 0. The Bertz CT molecular complexity index is 458. The van der Waals surface area contributed by atoms with E-state index in [4.69, 9.17) is 4.42 Å². The molecule has 2 nitrogen and oxygen atoms in total. The number of rotatable bonds is 0. The molecule has 0 saturated heterocycles. The number of furan rings is 1. The number of hydrogen-bond acceptors (Lipinski definition) is 2. The molecule has 0 radical (unpaired) electrons. The van der Waals surface area contributed by atoms with Crippen molar-refractivity contribution in [1.29, 1.82) is 0 Å². The monoisotopic (exact) mass is 187 g/mol. The fourth-order valence-electron chi connectivity index (χ4n) is 2.16. The Morgan fingerprint density at radius 1 is 1.14 bits per heavy atom. The van der Waals surface area contributed by atoms with E-state index in [-0.39, 0.29) is 0 Å². The molecule has 0 saturated carbocycles. The van der Waals surface area contributed by atoms with E-state index >= 15 is 0 Å². The van der Waals surface area contributed by atoms with Crippen molar-refractivity contribution in [3.63, 3.8) is 0 Å². The maximum absolute atomic E-state index is 5.38. The van der Waals surface area contributed by atoms with E-state index in [1.807, 2.05) is 6.07 Å². The first kappa shape index (κ1) is 7.92. The van der Waals surface area contributed by atoms with Gasteiger partial charge in [0.2, 0.25) is 0 Å². The van der Waals surface area contributed by atoms with Crippen LogP contribution in [0.3, 0.4) is 0 Å². The minimum atomic E-state index is 0.984. The second-order valence-electron chi connectivity index (χ2n) is 3.82. The average molecular weight is 187 g/mol. The first-order chi connectivity index (χ1) is 6.95. The Morgan fingerprint density at radius 2 is 2.14 bits per heavy atom. The van der Waals surface area contributed by atoms with Crippen molar-refractivity contribution in [1.82, 2.24) is 0 Å². The van der Waals surface area contributed by atoms with E-state index in [9.17, 15) is 0 Å². The van der Waals surface area contributed by atoms with E-state index < -0.39 is 0 Å². The molecule has 2 heterocycles. The summed E-state index contributed by atoms with van der Waals surface area (Å²) < 4.78 is 5.38. The van der Waals surface area contributed by atoms with Crippen LogP contribution in [0, 0.1) is 0 Å². The Kier molecular flexibility index (Phi) is 1.72. The van der Waals surface area contributed by atoms with Crippen LogP contribution in [0.1, 0.15) is 18.4 Å². The molecule has 0 amide bonds. The van der Waals surface area contributed by atoms with Crippen molar-refractivity contribution in [2.45, 2.75) is 19.3 Å². The second kappa shape index (κ2) is 3.05. The summed E-state index contributed by atoms with van der Waals surface area (Å²) in [6.45, 7) is 1.08. The highest BCUT2D eigenvalue weighted by Crippen LogP contribution is 2.30. The highest BCUT2D eigenvalue weighted by molar-refractivity contribution is 5.92. The number of fused-ring (bicyclic) bond motifs is 3. The van der Waals surface area contributed by atoms with Crippen LogP contribution in [0.2, 0.25) is 0 Å². The molecule has 1 aliphatic rings. The van der Waals surface area contributed by atoms with Gasteiger partial charge in [0.1, 0.15) is 5.58 Å². The van der Waals surface area contributed by atoms with Crippen LogP contribution in [0.25, 0.3) is 11.0 Å². The molecule has 72 valence electrons. The summed E-state index contributed by atoms with van der Waals surface area (Å²) in [6.07, 6.45) is 5.48. The largest absolute Gasteiger partial charge is 0.464 e. The van der Waals surface area contributed by atoms with Crippen molar-refractivity contribution < 1.29 is 4.42 Å². The van der Waals surface area contributed by atoms with Crippen LogP contribution in [0.5, 0.6) is 0 Å². The maximum Gasteiger partial charge on any atom is 0.135 e. The molecule has 0 bridgehead atoms. The fraction of sp³-hybridized carbons (Fsp3) is 0.333. The van der Waals surface area contributed by atoms with E-state index in [0.717, 1.165) is 12.1 Å². The summed E-state index contributed by atoms with van der Waals surface area (Å²) in [5.74, 6) is 0. The van der Waals surface area contributed by atoms with Crippen LogP contribution >= 0.6 is 0 Å². The number of anilines is 1.